The molecule has 2 rings (SSSR count). The molecule has 17 heavy (non-hydrogen) atoms. The number of fused-ring (bicyclic) bond motifs is 1. The molecule has 0 aliphatic rings. The quantitative estimate of drug-likeness (QED) is 0.867. The molecule has 0 unspecified atom stereocenters. The third-order valence-electron chi connectivity index (χ3n) is 3.14. The summed E-state index contributed by atoms with van der Waals surface area (Å²) in [5.74, 6) is 0.703. The van der Waals surface area contributed by atoms with Gasteiger partial charge in [-0.25, -0.2) is 0 Å². The SMILES string of the molecule is CC(C)CC[C@@H](N)c1ccnc2ccccc12. The van der Waals surface area contributed by atoms with Crippen molar-refractivity contribution in [3.8, 4) is 0 Å². The molecular formula is C15H20N2. The van der Waals surface area contributed by atoms with Gasteiger partial charge in [0.15, 0.2) is 0 Å². The fourth-order valence-corrected chi connectivity index (χ4v) is 2.11. The highest BCUT2D eigenvalue weighted by molar-refractivity contribution is 5.82. The van der Waals surface area contributed by atoms with Gasteiger partial charge in [-0.1, -0.05) is 32.0 Å². The van der Waals surface area contributed by atoms with Gasteiger partial charge in [0.1, 0.15) is 0 Å². The summed E-state index contributed by atoms with van der Waals surface area (Å²) < 4.78 is 0. The molecule has 0 saturated carbocycles. The van der Waals surface area contributed by atoms with Crippen LogP contribution in [-0.2, 0) is 0 Å². The van der Waals surface area contributed by atoms with Gasteiger partial charge in [0.2, 0.25) is 0 Å². The van der Waals surface area contributed by atoms with Gasteiger partial charge in [0.25, 0.3) is 0 Å². The lowest BCUT2D eigenvalue weighted by Gasteiger charge is -2.15. The zero-order chi connectivity index (χ0) is 12.3. The number of pyridine rings is 1. The fourth-order valence-electron chi connectivity index (χ4n) is 2.11. The van der Waals surface area contributed by atoms with Crippen LogP contribution >= 0.6 is 0 Å². The van der Waals surface area contributed by atoms with Gasteiger partial charge in [0.05, 0.1) is 5.52 Å². The normalized spacial score (nSPS) is 13.2. The monoisotopic (exact) mass is 228 g/mol. The van der Waals surface area contributed by atoms with Gasteiger partial charge in [-0.05, 0) is 36.5 Å². The highest BCUT2D eigenvalue weighted by atomic mass is 14.7. The molecule has 0 bridgehead atoms. The minimum Gasteiger partial charge on any atom is -0.324 e. The van der Waals surface area contributed by atoms with Gasteiger partial charge in [-0.15, -0.1) is 0 Å². The Kier molecular flexibility index (Phi) is 3.75. The first-order valence-corrected chi connectivity index (χ1v) is 6.27. The maximum Gasteiger partial charge on any atom is 0.0705 e. The first-order chi connectivity index (χ1) is 8.18. The van der Waals surface area contributed by atoms with E-state index in [4.69, 9.17) is 5.73 Å². The van der Waals surface area contributed by atoms with Crippen molar-refractivity contribution in [3.05, 3.63) is 42.1 Å². The van der Waals surface area contributed by atoms with E-state index in [1.54, 1.807) is 0 Å². The summed E-state index contributed by atoms with van der Waals surface area (Å²) in [4.78, 5) is 4.36. The number of benzene rings is 1. The summed E-state index contributed by atoms with van der Waals surface area (Å²) >= 11 is 0. The van der Waals surface area contributed by atoms with Crippen LogP contribution in [0.5, 0.6) is 0 Å². The van der Waals surface area contributed by atoms with Gasteiger partial charge in [-0.3, -0.25) is 4.98 Å². The largest absolute Gasteiger partial charge is 0.324 e. The fraction of sp³-hybridized carbons (Fsp3) is 0.400. The second-order valence-electron chi connectivity index (χ2n) is 5.00. The Bertz CT molecular complexity index is 486. The van der Waals surface area contributed by atoms with Crippen LogP contribution in [0.1, 0.15) is 38.3 Å². The molecule has 1 heterocycles. The Balaban J connectivity index is 2.28. The average molecular weight is 228 g/mol. The average Bonchev–Trinajstić information content (AvgIpc) is 2.35. The minimum absolute atomic E-state index is 0.116. The summed E-state index contributed by atoms with van der Waals surface area (Å²) in [6.07, 6.45) is 4.05. The number of hydrogen-bond acceptors (Lipinski definition) is 2. The Hall–Kier alpha value is -1.41. The summed E-state index contributed by atoms with van der Waals surface area (Å²) in [7, 11) is 0. The molecular weight excluding hydrogens is 208 g/mol. The predicted octanol–water partition coefficient (Wildman–Crippen LogP) is 3.67. The Morgan fingerprint density at radius 1 is 1.12 bits per heavy atom. The van der Waals surface area contributed by atoms with Crippen molar-refractivity contribution in [2.24, 2.45) is 11.7 Å². The molecule has 1 aromatic carbocycles. The molecule has 2 nitrogen and oxygen atoms in total. The van der Waals surface area contributed by atoms with Crippen molar-refractivity contribution in [1.82, 2.24) is 4.98 Å². The zero-order valence-electron chi connectivity index (χ0n) is 10.6. The van der Waals surface area contributed by atoms with Gasteiger partial charge in [0, 0.05) is 17.6 Å². The predicted molar refractivity (Wildman–Crippen MR) is 72.7 cm³/mol. The van der Waals surface area contributed by atoms with Crippen molar-refractivity contribution >= 4 is 10.9 Å². The summed E-state index contributed by atoms with van der Waals surface area (Å²) in [5.41, 5.74) is 8.53. The molecule has 0 aliphatic heterocycles. The summed E-state index contributed by atoms with van der Waals surface area (Å²) in [6.45, 7) is 4.47. The first-order valence-electron chi connectivity index (χ1n) is 6.27. The standard InChI is InChI=1S/C15H20N2/c1-11(2)7-8-14(16)12-9-10-17-15-6-4-3-5-13(12)15/h3-6,9-11,14H,7-8,16H2,1-2H3/t14-/m1/s1. The lowest BCUT2D eigenvalue weighted by atomic mass is 9.96. The molecule has 0 saturated heterocycles. The maximum atomic E-state index is 6.28. The van der Waals surface area contributed by atoms with Crippen LogP contribution in [0.25, 0.3) is 10.9 Å². The zero-order valence-corrected chi connectivity index (χ0v) is 10.6. The molecule has 90 valence electrons. The van der Waals surface area contributed by atoms with Crippen molar-refractivity contribution in [3.63, 3.8) is 0 Å². The summed E-state index contributed by atoms with van der Waals surface area (Å²) in [6, 6.07) is 10.4. The smallest absolute Gasteiger partial charge is 0.0705 e. The van der Waals surface area contributed by atoms with Crippen LogP contribution in [-0.4, -0.2) is 4.98 Å². The van der Waals surface area contributed by atoms with E-state index in [1.165, 1.54) is 10.9 Å². The van der Waals surface area contributed by atoms with Crippen LogP contribution < -0.4 is 5.73 Å². The second kappa shape index (κ2) is 5.28. The van der Waals surface area contributed by atoms with Gasteiger partial charge < -0.3 is 5.73 Å². The van der Waals surface area contributed by atoms with Gasteiger partial charge >= 0.3 is 0 Å². The molecule has 0 radical (unpaired) electrons. The summed E-state index contributed by atoms with van der Waals surface area (Å²) in [5, 5.41) is 1.19. The van der Waals surface area contributed by atoms with Crippen molar-refractivity contribution in [2.75, 3.05) is 0 Å². The van der Waals surface area contributed by atoms with Crippen molar-refractivity contribution in [1.29, 1.82) is 0 Å². The van der Waals surface area contributed by atoms with E-state index in [0.29, 0.717) is 5.92 Å². The van der Waals surface area contributed by atoms with E-state index in [9.17, 15) is 0 Å². The number of para-hydroxylation sites is 1. The minimum atomic E-state index is 0.116. The number of nitrogens with two attached hydrogens (primary N) is 1. The third-order valence-corrected chi connectivity index (χ3v) is 3.14. The Morgan fingerprint density at radius 3 is 2.65 bits per heavy atom. The van der Waals surface area contributed by atoms with Gasteiger partial charge in [-0.2, -0.15) is 0 Å². The van der Waals surface area contributed by atoms with E-state index in [-0.39, 0.29) is 6.04 Å². The van der Waals surface area contributed by atoms with E-state index in [2.05, 4.69) is 24.9 Å². The molecule has 0 aliphatic carbocycles. The second-order valence-corrected chi connectivity index (χ2v) is 5.00. The Morgan fingerprint density at radius 2 is 1.88 bits per heavy atom. The maximum absolute atomic E-state index is 6.28. The molecule has 0 amide bonds. The van der Waals surface area contributed by atoms with Crippen LogP contribution in [0.3, 0.4) is 0 Å². The number of aromatic nitrogens is 1. The Labute approximate surface area is 103 Å². The van der Waals surface area contributed by atoms with Crippen LogP contribution in [0, 0.1) is 5.92 Å². The lowest BCUT2D eigenvalue weighted by molar-refractivity contribution is 0.508. The molecule has 1 aromatic heterocycles. The van der Waals surface area contributed by atoms with E-state index >= 15 is 0 Å². The van der Waals surface area contributed by atoms with E-state index in [1.807, 2.05) is 30.5 Å². The third kappa shape index (κ3) is 2.83. The highest BCUT2D eigenvalue weighted by Crippen LogP contribution is 2.25. The topological polar surface area (TPSA) is 38.9 Å². The number of hydrogen-bond donors (Lipinski definition) is 1. The van der Waals surface area contributed by atoms with Crippen LogP contribution in [0.2, 0.25) is 0 Å². The van der Waals surface area contributed by atoms with E-state index < -0.39 is 0 Å². The van der Waals surface area contributed by atoms with Crippen molar-refractivity contribution in [2.45, 2.75) is 32.7 Å². The lowest BCUT2D eigenvalue weighted by Crippen LogP contribution is -2.11. The molecule has 0 fully saturated rings. The highest BCUT2D eigenvalue weighted by Gasteiger charge is 2.10. The molecule has 2 heteroatoms. The number of nitrogens with zero attached hydrogens (tertiary/aromatic N) is 1. The first kappa shape index (κ1) is 12.1. The molecule has 2 aromatic rings. The van der Waals surface area contributed by atoms with Crippen LogP contribution in [0.4, 0.5) is 0 Å². The molecule has 1 atom stereocenters. The number of rotatable bonds is 4. The molecule has 0 spiro atoms. The molecule has 2 N–H and O–H groups in total. The van der Waals surface area contributed by atoms with E-state index in [0.717, 1.165) is 18.4 Å². The van der Waals surface area contributed by atoms with Crippen molar-refractivity contribution < 1.29 is 0 Å². The van der Waals surface area contributed by atoms with Crippen LogP contribution in [0.15, 0.2) is 36.5 Å².